The maximum Gasteiger partial charge on any atom is 0.256 e. The monoisotopic (exact) mass is 272 g/mol. The van der Waals surface area contributed by atoms with Crippen LogP contribution in [0.5, 0.6) is 5.75 Å². The Morgan fingerprint density at radius 2 is 2.05 bits per heavy atom. The van der Waals surface area contributed by atoms with Crippen LogP contribution in [-0.2, 0) is 0 Å². The van der Waals surface area contributed by atoms with Gasteiger partial charge in [-0.1, -0.05) is 18.2 Å². The minimum atomic E-state index is -0.400. The molecule has 0 aliphatic heterocycles. The smallest absolute Gasteiger partial charge is 0.256 e. The molecule has 0 radical (unpaired) electrons. The van der Waals surface area contributed by atoms with Gasteiger partial charge in [0.1, 0.15) is 17.9 Å². The van der Waals surface area contributed by atoms with Gasteiger partial charge < -0.3 is 15.0 Å². The van der Waals surface area contributed by atoms with Gasteiger partial charge in [-0.15, -0.1) is 0 Å². The first-order valence-electron chi connectivity index (χ1n) is 6.32. The van der Waals surface area contributed by atoms with Gasteiger partial charge >= 0.3 is 0 Å². The first-order chi connectivity index (χ1) is 9.66. The fraction of sp³-hybridized carbons (Fsp3) is 0.200. The molecule has 20 heavy (non-hydrogen) atoms. The summed E-state index contributed by atoms with van der Waals surface area (Å²) in [6, 6.07) is 10.7. The summed E-state index contributed by atoms with van der Waals surface area (Å²) < 4.78 is 5.44. The van der Waals surface area contributed by atoms with Gasteiger partial charge in [-0.25, -0.2) is 0 Å². The molecule has 5 nitrogen and oxygen atoms in total. The molecule has 0 aliphatic rings. The number of H-pyrrole nitrogens is 1. The van der Waals surface area contributed by atoms with E-state index in [0.717, 1.165) is 11.4 Å². The van der Waals surface area contributed by atoms with Crippen molar-refractivity contribution in [1.29, 1.82) is 0 Å². The molecule has 1 aromatic heterocycles. The predicted octanol–water partition coefficient (Wildman–Crippen LogP) is 1.49. The highest BCUT2D eigenvalue weighted by molar-refractivity contribution is 5.93. The highest BCUT2D eigenvalue weighted by Crippen LogP contribution is 2.07. The lowest BCUT2D eigenvalue weighted by Crippen LogP contribution is -2.31. The van der Waals surface area contributed by atoms with Crippen LogP contribution in [0.3, 0.4) is 0 Å². The van der Waals surface area contributed by atoms with Gasteiger partial charge in [-0.05, 0) is 19.1 Å². The molecule has 2 rings (SSSR count). The minimum Gasteiger partial charge on any atom is -0.492 e. The number of hydrogen-bond donors (Lipinski definition) is 2. The highest BCUT2D eigenvalue weighted by atomic mass is 16.5. The first kappa shape index (κ1) is 13.9. The van der Waals surface area contributed by atoms with Crippen LogP contribution < -0.4 is 15.5 Å². The molecule has 0 spiro atoms. The molecule has 0 saturated heterocycles. The average Bonchev–Trinajstić information content (AvgIpc) is 2.44. The number of nitrogens with one attached hydrogen (secondary N) is 2. The third-order valence-corrected chi connectivity index (χ3v) is 2.70. The summed E-state index contributed by atoms with van der Waals surface area (Å²) in [5, 5.41) is 2.65. The van der Waals surface area contributed by atoms with Crippen LogP contribution >= 0.6 is 0 Å². The van der Waals surface area contributed by atoms with E-state index < -0.39 is 5.91 Å². The van der Waals surface area contributed by atoms with Gasteiger partial charge in [-0.3, -0.25) is 9.59 Å². The van der Waals surface area contributed by atoms with Gasteiger partial charge in [0, 0.05) is 18.0 Å². The van der Waals surface area contributed by atoms with Crippen molar-refractivity contribution in [2.24, 2.45) is 0 Å². The summed E-state index contributed by atoms with van der Waals surface area (Å²) in [6.07, 6.45) is 1.42. The highest BCUT2D eigenvalue weighted by Gasteiger charge is 2.09. The van der Waals surface area contributed by atoms with Crippen molar-refractivity contribution >= 4 is 5.91 Å². The van der Waals surface area contributed by atoms with Crippen molar-refractivity contribution in [1.82, 2.24) is 10.3 Å². The second-order valence-corrected chi connectivity index (χ2v) is 4.31. The number of benzene rings is 1. The Kier molecular flexibility index (Phi) is 4.55. The molecule has 0 bridgehead atoms. The first-order valence-corrected chi connectivity index (χ1v) is 6.32. The predicted molar refractivity (Wildman–Crippen MR) is 76.1 cm³/mol. The number of para-hydroxylation sites is 1. The van der Waals surface area contributed by atoms with Crippen molar-refractivity contribution in [3.05, 3.63) is 64.1 Å². The fourth-order valence-electron chi connectivity index (χ4n) is 1.70. The number of aromatic amines is 1. The second-order valence-electron chi connectivity index (χ2n) is 4.31. The summed E-state index contributed by atoms with van der Waals surface area (Å²) in [4.78, 5) is 26.3. The number of amides is 1. The molecule has 104 valence electrons. The number of aromatic nitrogens is 1. The Morgan fingerprint density at radius 1 is 1.30 bits per heavy atom. The van der Waals surface area contributed by atoms with E-state index in [-0.39, 0.29) is 11.0 Å². The van der Waals surface area contributed by atoms with Crippen molar-refractivity contribution in [2.75, 3.05) is 13.2 Å². The summed E-state index contributed by atoms with van der Waals surface area (Å²) in [5.74, 6) is 0.345. The van der Waals surface area contributed by atoms with Gasteiger partial charge in [0.25, 0.3) is 5.91 Å². The maximum atomic E-state index is 11.8. The Labute approximate surface area is 116 Å². The third-order valence-electron chi connectivity index (χ3n) is 2.70. The number of aryl methyl sites for hydroxylation is 1. The normalized spacial score (nSPS) is 10.1. The van der Waals surface area contributed by atoms with Crippen molar-refractivity contribution in [3.63, 3.8) is 0 Å². The number of ether oxygens (including phenoxy) is 1. The Hall–Kier alpha value is -2.56. The largest absolute Gasteiger partial charge is 0.492 e. The van der Waals surface area contributed by atoms with Crippen LogP contribution in [-0.4, -0.2) is 24.0 Å². The molecular weight excluding hydrogens is 256 g/mol. The van der Waals surface area contributed by atoms with Crippen LogP contribution in [0.4, 0.5) is 0 Å². The van der Waals surface area contributed by atoms with Gasteiger partial charge in [0.05, 0.1) is 6.54 Å². The summed E-state index contributed by atoms with van der Waals surface area (Å²) in [6.45, 7) is 2.44. The number of carbonyl (C=O) groups is 1. The molecule has 0 aliphatic carbocycles. The van der Waals surface area contributed by atoms with E-state index in [0.29, 0.717) is 13.2 Å². The summed E-state index contributed by atoms with van der Waals surface area (Å²) >= 11 is 0. The van der Waals surface area contributed by atoms with Crippen LogP contribution in [0.15, 0.2) is 47.4 Å². The number of pyridine rings is 1. The molecule has 0 unspecified atom stereocenters. The standard InChI is InChI=1S/C15H16N2O3/c1-11-9-14(18)13(10-17-11)15(19)16-7-8-20-12-5-3-2-4-6-12/h2-6,9-10H,7-8H2,1H3,(H,16,19)(H,17,18). The molecule has 2 aromatic rings. The SMILES string of the molecule is Cc1cc(=O)c(C(=O)NCCOc2ccccc2)c[nH]1. The van der Waals surface area contributed by atoms with Crippen molar-refractivity contribution < 1.29 is 9.53 Å². The number of hydrogen-bond acceptors (Lipinski definition) is 3. The number of rotatable bonds is 5. The molecule has 1 amide bonds. The second kappa shape index (κ2) is 6.56. The molecule has 1 aromatic carbocycles. The van der Waals surface area contributed by atoms with Crippen LogP contribution in [0.25, 0.3) is 0 Å². The Balaban J connectivity index is 1.82. The zero-order valence-electron chi connectivity index (χ0n) is 11.2. The summed E-state index contributed by atoms with van der Waals surface area (Å²) in [7, 11) is 0. The lowest BCUT2D eigenvalue weighted by molar-refractivity contribution is 0.0945. The lowest BCUT2D eigenvalue weighted by atomic mass is 10.2. The lowest BCUT2D eigenvalue weighted by Gasteiger charge is -2.07. The molecular formula is C15H16N2O3. The van der Waals surface area contributed by atoms with Crippen LogP contribution in [0.2, 0.25) is 0 Å². The van der Waals surface area contributed by atoms with Gasteiger partial charge in [-0.2, -0.15) is 0 Å². The fourth-order valence-corrected chi connectivity index (χ4v) is 1.70. The van der Waals surface area contributed by atoms with E-state index in [9.17, 15) is 9.59 Å². The molecule has 5 heteroatoms. The molecule has 2 N–H and O–H groups in total. The van der Waals surface area contributed by atoms with E-state index in [4.69, 9.17) is 4.74 Å². The number of carbonyl (C=O) groups excluding carboxylic acids is 1. The Bertz CT molecular complexity index is 635. The van der Waals surface area contributed by atoms with E-state index in [1.165, 1.54) is 12.3 Å². The van der Waals surface area contributed by atoms with E-state index in [1.807, 2.05) is 30.3 Å². The van der Waals surface area contributed by atoms with Crippen LogP contribution in [0.1, 0.15) is 16.1 Å². The van der Waals surface area contributed by atoms with Crippen molar-refractivity contribution in [2.45, 2.75) is 6.92 Å². The average molecular weight is 272 g/mol. The maximum absolute atomic E-state index is 11.8. The quantitative estimate of drug-likeness (QED) is 0.810. The van der Waals surface area contributed by atoms with Gasteiger partial charge in [0.15, 0.2) is 5.43 Å². The topological polar surface area (TPSA) is 71.2 Å². The molecule has 0 saturated carbocycles. The van der Waals surface area contributed by atoms with E-state index in [1.54, 1.807) is 6.92 Å². The van der Waals surface area contributed by atoms with E-state index >= 15 is 0 Å². The Morgan fingerprint density at radius 3 is 2.75 bits per heavy atom. The zero-order valence-corrected chi connectivity index (χ0v) is 11.2. The van der Waals surface area contributed by atoms with Crippen molar-refractivity contribution in [3.8, 4) is 5.75 Å². The molecule has 0 atom stereocenters. The van der Waals surface area contributed by atoms with Gasteiger partial charge in [0.2, 0.25) is 0 Å². The van der Waals surface area contributed by atoms with Crippen LogP contribution in [0, 0.1) is 6.92 Å². The zero-order chi connectivity index (χ0) is 14.4. The summed E-state index contributed by atoms with van der Waals surface area (Å²) in [5.41, 5.74) is 0.539. The minimum absolute atomic E-state index is 0.107. The van der Waals surface area contributed by atoms with E-state index in [2.05, 4.69) is 10.3 Å². The molecule has 0 fully saturated rings. The third kappa shape index (κ3) is 3.71. The molecule has 1 heterocycles.